The molecular formula is C25H19ClN2O2. The Bertz CT molecular complexity index is 1380. The molecule has 148 valence electrons. The van der Waals surface area contributed by atoms with Gasteiger partial charge in [0.25, 0.3) is 0 Å². The first-order valence-electron chi connectivity index (χ1n) is 10.1. The summed E-state index contributed by atoms with van der Waals surface area (Å²) in [6, 6.07) is 20.6. The summed E-state index contributed by atoms with van der Waals surface area (Å²) in [5, 5.41) is 6.54. The number of carbonyl (C=O) groups excluding carboxylic acids is 1. The molecule has 1 N–H and O–H groups in total. The summed E-state index contributed by atoms with van der Waals surface area (Å²) in [4.78, 5) is 12.8. The average Bonchev–Trinajstić information content (AvgIpc) is 3.30. The number of rotatable bonds is 2. The number of cyclic esters (lactones) is 1. The SMILES string of the molecule is CCn1c2ccccc2c2c3c(ccc21)NC1=C(C(=O)OC1)C3c1ccc(Cl)cc1. The van der Waals surface area contributed by atoms with Crippen LogP contribution in [0.25, 0.3) is 21.8 Å². The van der Waals surface area contributed by atoms with Crippen LogP contribution >= 0.6 is 11.6 Å². The molecule has 0 fully saturated rings. The van der Waals surface area contributed by atoms with E-state index in [9.17, 15) is 4.79 Å². The molecule has 5 heteroatoms. The van der Waals surface area contributed by atoms with Crippen molar-refractivity contribution in [3.63, 3.8) is 0 Å². The first-order chi connectivity index (χ1) is 14.7. The summed E-state index contributed by atoms with van der Waals surface area (Å²) in [5.41, 5.74) is 7.11. The Morgan fingerprint density at radius 2 is 1.87 bits per heavy atom. The summed E-state index contributed by atoms with van der Waals surface area (Å²) in [6.45, 7) is 3.32. The van der Waals surface area contributed by atoms with E-state index in [1.54, 1.807) is 0 Å². The molecule has 3 aromatic carbocycles. The van der Waals surface area contributed by atoms with Crippen LogP contribution in [0, 0.1) is 0 Å². The number of halogens is 1. The highest BCUT2D eigenvalue weighted by molar-refractivity contribution is 6.30. The van der Waals surface area contributed by atoms with Crippen LogP contribution in [-0.2, 0) is 16.1 Å². The van der Waals surface area contributed by atoms with Gasteiger partial charge < -0.3 is 14.6 Å². The first-order valence-corrected chi connectivity index (χ1v) is 10.5. The van der Waals surface area contributed by atoms with E-state index < -0.39 is 0 Å². The van der Waals surface area contributed by atoms with Gasteiger partial charge in [-0.15, -0.1) is 0 Å². The predicted octanol–water partition coefficient (Wildman–Crippen LogP) is 5.84. The molecule has 0 amide bonds. The van der Waals surface area contributed by atoms with Gasteiger partial charge >= 0.3 is 5.97 Å². The van der Waals surface area contributed by atoms with E-state index in [0.717, 1.165) is 29.1 Å². The monoisotopic (exact) mass is 414 g/mol. The van der Waals surface area contributed by atoms with Crippen molar-refractivity contribution >= 4 is 45.1 Å². The molecule has 0 aliphatic carbocycles. The van der Waals surface area contributed by atoms with Crippen molar-refractivity contribution in [2.75, 3.05) is 11.9 Å². The molecule has 3 heterocycles. The summed E-state index contributed by atoms with van der Waals surface area (Å²) >= 11 is 6.17. The molecule has 1 aromatic heterocycles. The molecule has 1 atom stereocenters. The number of aromatic nitrogens is 1. The normalized spacial score (nSPS) is 17.8. The minimum atomic E-state index is -0.251. The maximum atomic E-state index is 12.8. The van der Waals surface area contributed by atoms with Crippen LogP contribution in [-0.4, -0.2) is 17.1 Å². The van der Waals surface area contributed by atoms with Crippen molar-refractivity contribution in [1.82, 2.24) is 4.57 Å². The van der Waals surface area contributed by atoms with Gasteiger partial charge in [-0.05, 0) is 48.4 Å². The third-order valence-corrected chi connectivity index (χ3v) is 6.51. The number of carbonyl (C=O) groups is 1. The highest BCUT2D eigenvalue weighted by atomic mass is 35.5. The Hall–Kier alpha value is -3.24. The van der Waals surface area contributed by atoms with Crippen LogP contribution in [0.4, 0.5) is 5.69 Å². The molecule has 4 nitrogen and oxygen atoms in total. The zero-order valence-corrected chi connectivity index (χ0v) is 17.2. The third kappa shape index (κ3) is 2.31. The van der Waals surface area contributed by atoms with Gasteiger partial charge in [-0.1, -0.05) is 41.9 Å². The van der Waals surface area contributed by atoms with E-state index in [1.165, 1.54) is 21.8 Å². The first kappa shape index (κ1) is 17.6. The topological polar surface area (TPSA) is 43.3 Å². The third-order valence-electron chi connectivity index (χ3n) is 6.25. The largest absolute Gasteiger partial charge is 0.456 e. The van der Waals surface area contributed by atoms with Crippen LogP contribution < -0.4 is 5.32 Å². The Morgan fingerprint density at radius 3 is 2.67 bits per heavy atom. The number of ether oxygens (including phenoxy) is 1. The summed E-state index contributed by atoms with van der Waals surface area (Å²) < 4.78 is 7.76. The second kappa shape index (κ2) is 6.38. The van der Waals surface area contributed by atoms with Gasteiger partial charge in [0.15, 0.2) is 0 Å². The lowest BCUT2D eigenvalue weighted by Crippen LogP contribution is -2.20. The maximum Gasteiger partial charge on any atom is 0.337 e. The average molecular weight is 415 g/mol. The summed E-state index contributed by atoms with van der Waals surface area (Å²) in [6.07, 6.45) is 0. The molecule has 0 bridgehead atoms. The Morgan fingerprint density at radius 1 is 1.07 bits per heavy atom. The Labute approximate surface area is 178 Å². The standard InChI is InChI=1S/C25H19ClN2O2/c1-2-28-19-6-4-3-5-16(19)22-20(28)12-11-17-23(22)21(14-7-9-15(26)10-8-14)24-18(27-17)13-30-25(24)29/h3-12,21,27H,2,13H2,1H3. The van der Waals surface area contributed by atoms with Crippen LogP contribution in [0.3, 0.4) is 0 Å². The van der Waals surface area contributed by atoms with Crippen molar-refractivity contribution in [3.05, 3.63) is 88.1 Å². The molecule has 2 aliphatic rings. The van der Waals surface area contributed by atoms with Gasteiger partial charge in [-0.3, -0.25) is 0 Å². The van der Waals surface area contributed by atoms with E-state index in [4.69, 9.17) is 16.3 Å². The highest BCUT2D eigenvalue weighted by Gasteiger charge is 2.39. The van der Waals surface area contributed by atoms with Crippen molar-refractivity contribution in [1.29, 1.82) is 0 Å². The minimum Gasteiger partial charge on any atom is -0.456 e. The van der Waals surface area contributed by atoms with Gasteiger partial charge in [0, 0.05) is 45.0 Å². The fourth-order valence-corrected chi connectivity index (χ4v) is 5.15. The predicted molar refractivity (Wildman–Crippen MR) is 120 cm³/mol. The number of hydrogen-bond donors (Lipinski definition) is 1. The molecule has 2 aliphatic heterocycles. The van der Waals surface area contributed by atoms with E-state index in [-0.39, 0.29) is 18.5 Å². The van der Waals surface area contributed by atoms with Crippen molar-refractivity contribution in [2.24, 2.45) is 0 Å². The number of nitrogens with zero attached hydrogens (tertiary/aromatic N) is 1. The lowest BCUT2D eigenvalue weighted by Gasteiger charge is -2.28. The quantitative estimate of drug-likeness (QED) is 0.419. The lowest BCUT2D eigenvalue weighted by molar-refractivity contribution is -0.136. The fraction of sp³-hybridized carbons (Fsp3) is 0.160. The summed E-state index contributed by atoms with van der Waals surface area (Å²) in [5.74, 6) is -0.456. The second-order valence-electron chi connectivity index (χ2n) is 7.76. The van der Waals surface area contributed by atoms with Crippen molar-refractivity contribution in [3.8, 4) is 0 Å². The van der Waals surface area contributed by atoms with E-state index >= 15 is 0 Å². The zero-order chi connectivity index (χ0) is 20.4. The van der Waals surface area contributed by atoms with Gasteiger partial charge in [0.05, 0.1) is 11.3 Å². The number of aryl methyl sites for hydroxylation is 1. The number of para-hydroxylation sites is 1. The molecule has 30 heavy (non-hydrogen) atoms. The smallest absolute Gasteiger partial charge is 0.337 e. The molecule has 0 saturated heterocycles. The number of nitrogens with one attached hydrogen (secondary N) is 1. The molecule has 0 radical (unpaired) electrons. The zero-order valence-electron chi connectivity index (χ0n) is 16.4. The Balaban J connectivity index is 1.75. The summed E-state index contributed by atoms with van der Waals surface area (Å²) in [7, 11) is 0. The Kier molecular flexibility index (Phi) is 3.74. The lowest BCUT2D eigenvalue weighted by atomic mass is 9.79. The molecule has 6 rings (SSSR count). The molecule has 0 saturated carbocycles. The highest BCUT2D eigenvalue weighted by Crippen LogP contribution is 2.49. The number of benzene rings is 3. The van der Waals surface area contributed by atoms with Crippen LogP contribution in [0.15, 0.2) is 71.9 Å². The number of esters is 1. The molecule has 0 spiro atoms. The van der Waals surface area contributed by atoms with Gasteiger partial charge in [0.2, 0.25) is 0 Å². The van der Waals surface area contributed by atoms with E-state index in [0.29, 0.717) is 10.6 Å². The molecular weight excluding hydrogens is 396 g/mol. The fourth-order valence-electron chi connectivity index (χ4n) is 5.02. The van der Waals surface area contributed by atoms with E-state index in [1.807, 2.05) is 24.3 Å². The van der Waals surface area contributed by atoms with Crippen molar-refractivity contribution in [2.45, 2.75) is 19.4 Å². The van der Waals surface area contributed by atoms with Gasteiger partial charge in [-0.25, -0.2) is 4.79 Å². The number of hydrogen-bond acceptors (Lipinski definition) is 3. The molecule has 1 unspecified atom stereocenters. The maximum absolute atomic E-state index is 12.8. The molecule has 4 aromatic rings. The van der Waals surface area contributed by atoms with Crippen molar-refractivity contribution < 1.29 is 9.53 Å². The van der Waals surface area contributed by atoms with Crippen LogP contribution in [0.2, 0.25) is 5.02 Å². The van der Waals surface area contributed by atoms with E-state index in [2.05, 4.69) is 53.2 Å². The number of fused-ring (bicyclic) bond motifs is 5. The van der Waals surface area contributed by atoms with Crippen LogP contribution in [0.5, 0.6) is 0 Å². The van der Waals surface area contributed by atoms with Crippen LogP contribution in [0.1, 0.15) is 24.0 Å². The van der Waals surface area contributed by atoms with Gasteiger partial charge in [0.1, 0.15) is 6.61 Å². The minimum absolute atomic E-state index is 0.205. The van der Waals surface area contributed by atoms with Gasteiger partial charge in [-0.2, -0.15) is 0 Å². The number of anilines is 1. The second-order valence-corrected chi connectivity index (χ2v) is 8.20.